The van der Waals surface area contributed by atoms with Crippen molar-refractivity contribution in [1.29, 1.82) is 0 Å². The molecule has 0 saturated carbocycles. The van der Waals surface area contributed by atoms with Crippen molar-refractivity contribution < 1.29 is 23.9 Å². The molecule has 0 saturated heterocycles. The number of rotatable bonds is 10. The van der Waals surface area contributed by atoms with Crippen LogP contribution in [-0.4, -0.2) is 39.0 Å². The summed E-state index contributed by atoms with van der Waals surface area (Å²) in [6.45, 7) is 18.4. The van der Waals surface area contributed by atoms with E-state index in [1.54, 1.807) is 0 Å². The second-order valence-corrected chi connectivity index (χ2v) is 15.4. The van der Waals surface area contributed by atoms with Gasteiger partial charge in [-0.1, -0.05) is 41.5 Å². The zero-order valence-electron chi connectivity index (χ0n) is 18.9. The van der Waals surface area contributed by atoms with Crippen molar-refractivity contribution in [3.8, 4) is 0 Å². The van der Waals surface area contributed by atoms with Gasteiger partial charge in [0.2, 0.25) is 0 Å². The van der Waals surface area contributed by atoms with Crippen molar-refractivity contribution in [2.45, 2.75) is 91.4 Å². The molecule has 2 atom stereocenters. The molecule has 0 rings (SSSR count). The normalized spacial score (nSPS) is 16.2. The monoisotopic (exact) mass is 398 g/mol. The molecule has 0 amide bonds. The van der Waals surface area contributed by atoms with E-state index >= 15 is 0 Å². The number of ketones is 2. The van der Waals surface area contributed by atoms with Gasteiger partial charge in [-0.15, -0.1) is 0 Å². The molecule has 27 heavy (non-hydrogen) atoms. The van der Waals surface area contributed by atoms with Gasteiger partial charge < -0.3 is 9.53 Å². The number of carbonyl (C=O) groups excluding carboxylic acids is 4. The molecule has 0 aliphatic heterocycles. The van der Waals surface area contributed by atoms with Gasteiger partial charge in [-0.05, 0) is 44.3 Å². The number of esters is 1. The van der Waals surface area contributed by atoms with Gasteiger partial charge >= 0.3 is 5.97 Å². The van der Waals surface area contributed by atoms with Crippen LogP contribution in [0.25, 0.3) is 0 Å². The van der Waals surface area contributed by atoms with Gasteiger partial charge in [0, 0.05) is 5.54 Å². The smallest absolute Gasteiger partial charge is 0.319 e. The zero-order valence-corrected chi connectivity index (χ0v) is 19.9. The second kappa shape index (κ2) is 8.80. The Kier molecular flexibility index (Phi) is 8.38. The highest BCUT2D eigenvalue weighted by atomic mass is 28.3. The van der Waals surface area contributed by atoms with Gasteiger partial charge in [0.05, 0.1) is 20.6 Å². The third-order valence-electron chi connectivity index (χ3n) is 6.44. The van der Waals surface area contributed by atoms with E-state index in [0.29, 0.717) is 6.29 Å². The van der Waals surface area contributed by atoms with Crippen molar-refractivity contribution in [2.75, 3.05) is 7.11 Å². The predicted octanol–water partition coefficient (Wildman–Crippen LogP) is 4.60. The molecule has 6 heteroatoms. The third-order valence-corrected chi connectivity index (χ3v) is 14.4. The van der Waals surface area contributed by atoms with Crippen LogP contribution in [-0.2, 0) is 23.9 Å². The SMILES string of the molecule is COC(=O)[C@@](C)(C(=O)C(C)(C)C=O)C(C(C)=O)[Si](C(C)C)(C(C)C)C(C)C. The minimum absolute atomic E-state index is 0.155. The molecule has 1 unspecified atom stereocenters. The van der Waals surface area contributed by atoms with E-state index in [1.165, 1.54) is 34.8 Å². The van der Waals surface area contributed by atoms with E-state index in [4.69, 9.17) is 4.74 Å². The van der Waals surface area contributed by atoms with E-state index < -0.39 is 36.2 Å². The molecule has 0 aliphatic carbocycles. The van der Waals surface area contributed by atoms with E-state index in [1.807, 2.05) is 0 Å². The average Bonchev–Trinajstić information content (AvgIpc) is 2.55. The molecule has 0 aliphatic rings. The van der Waals surface area contributed by atoms with Gasteiger partial charge in [-0.2, -0.15) is 0 Å². The summed E-state index contributed by atoms with van der Waals surface area (Å²) in [6.07, 6.45) is 0.553. The summed E-state index contributed by atoms with van der Waals surface area (Å²) in [4.78, 5) is 51.2. The summed E-state index contributed by atoms with van der Waals surface area (Å²) in [5.74, 6) is -1.46. The second-order valence-electron chi connectivity index (χ2n) is 9.37. The van der Waals surface area contributed by atoms with Gasteiger partial charge in [0.25, 0.3) is 0 Å². The van der Waals surface area contributed by atoms with E-state index in [-0.39, 0.29) is 22.4 Å². The van der Waals surface area contributed by atoms with E-state index in [2.05, 4.69) is 41.5 Å². The van der Waals surface area contributed by atoms with Crippen LogP contribution in [0.3, 0.4) is 0 Å². The summed E-state index contributed by atoms with van der Waals surface area (Å²) in [5.41, 5.74) is -3.39. The summed E-state index contributed by atoms with van der Waals surface area (Å²) >= 11 is 0. The first kappa shape index (κ1) is 25.7. The molecular weight excluding hydrogens is 360 g/mol. The number of hydrogen-bond acceptors (Lipinski definition) is 5. The van der Waals surface area contributed by atoms with Crippen LogP contribution < -0.4 is 0 Å². The van der Waals surface area contributed by atoms with Crippen LogP contribution in [0.5, 0.6) is 0 Å². The Balaban J connectivity index is 7.22. The molecule has 156 valence electrons. The minimum atomic E-state index is -2.58. The van der Waals surface area contributed by atoms with Crippen LogP contribution in [0.1, 0.15) is 69.2 Å². The molecule has 0 heterocycles. The number of ether oxygens (including phenoxy) is 1. The fourth-order valence-electron chi connectivity index (χ4n) is 5.54. The predicted molar refractivity (Wildman–Crippen MR) is 110 cm³/mol. The molecule has 0 aromatic carbocycles. The Bertz CT molecular complexity index is 570. The molecule has 0 aromatic rings. The number of carbonyl (C=O) groups is 4. The molecule has 0 aromatic heterocycles. The minimum Gasteiger partial charge on any atom is -0.468 e. The van der Waals surface area contributed by atoms with E-state index in [0.717, 1.165) is 0 Å². The summed E-state index contributed by atoms with van der Waals surface area (Å²) < 4.78 is 5.04. The van der Waals surface area contributed by atoms with Gasteiger partial charge in [0.1, 0.15) is 17.5 Å². The van der Waals surface area contributed by atoms with Crippen molar-refractivity contribution in [2.24, 2.45) is 10.8 Å². The maximum absolute atomic E-state index is 13.5. The van der Waals surface area contributed by atoms with Crippen molar-refractivity contribution in [1.82, 2.24) is 0 Å². The topological polar surface area (TPSA) is 77.5 Å². The maximum atomic E-state index is 13.5. The highest BCUT2D eigenvalue weighted by Gasteiger charge is 2.64. The third kappa shape index (κ3) is 4.10. The fourth-order valence-corrected chi connectivity index (χ4v) is 13.5. The average molecular weight is 399 g/mol. The van der Waals surface area contributed by atoms with Gasteiger partial charge in [-0.25, -0.2) is 0 Å². The maximum Gasteiger partial charge on any atom is 0.319 e. The van der Waals surface area contributed by atoms with Crippen LogP contribution in [0.15, 0.2) is 0 Å². The molecular formula is C21H38O5Si. The summed E-state index contributed by atoms with van der Waals surface area (Å²) in [6, 6.07) is 0. The highest BCUT2D eigenvalue weighted by molar-refractivity contribution is 6.88. The molecule has 0 bridgehead atoms. The summed E-state index contributed by atoms with van der Waals surface area (Å²) in [5, 5.41) is 0. The first-order valence-corrected chi connectivity index (χ1v) is 12.0. The van der Waals surface area contributed by atoms with Crippen molar-refractivity contribution in [3.05, 3.63) is 0 Å². The lowest BCUT2D eigenvalue weighted by Crippen LogP contribution is -2.62. The van der Waals surface area contributed by atoms with Crippen LogP contribution >= 0.6 is 0 Å². The Morgan fingerprint density at radius 3 is 1.48 bits per heavy atom. The van der Waals surface area contributed by atoms with Gasteiger partial charge in [0.15, 0.2) is 5.78 Å². The number of methoxy groups -OCH3 is 1. The number of aldehydes is 1. The molecule has 0 spiro atoms. The number of Topliss-reactive ketones (excluding diaryl/α,β-unsaturated/α-hetero) is 2. The summed E-state index contributed by atoms with van der Waals surface area (Å²) in [7, 11) is -1.35. The lowest BCUT2D eigenvalue weighted by atomic mass is 9.70. The Labute approximate surface area is 165 Å². The largest absolute Gasteiger partial charge is 0.468 e. The van der Waals surface area contributed by atoms with Gasteiger partial charge in [-0.3, -0.25) is 14.4 Å². The van der Waals surface area contributed by atoms with Crippen molar-refractivity contribution in [3.63, 3.8) is 0 Å². The van der Waals surface area contributed by atoms with Crippen molar-refractivity contribution >= 4 is 31.9 Å². The first-order valence-electron chi connectivity index (χ1n) is 9.70. The molecule has 0 N–H and O–H groups in total. The Morgan fingerprint density at radius 1 is 0.889 bits per heavy atom. The Morgan fingerprint density at radius 2 is 1.26 bits per heavy atom. The fraction of sp³-hybridized carbons (Fsp3) is 0.810. The first-order chi connectivity index (χ1) is 12.1. The van der Waals surface area contributed by atoms with Crippen LogP contribution in [0.2, 0.25) is 22.2 Å². The van der Waals surface area contributed by atoms with Crippen LogP contribution in [0, 0.1) is 10.8 Å². The lowest BCUT2D eigenvalue weighted by Gasteiger charge is -2.53. The highest BCUT2D eigenvalue weighted by Crippen LogP contribution is 2.57. The standard InChI is InChI=1S/C21H38O5Si/c1-13(2)27(14(3)4,15(5)6)17(16(7)23)21(10,19(25)26-11)18(24)20(8,9)12-22/h12-15,17H,1-11H3/t17?,21-/m1/s1. The number of hydrogen-bond donors (Lipinski definition) is 0. The molecule has 0 radical (unpaired) electrons. The molecule has 0 fully saturated rings. The quantitative estimate of drug-likeness (QED) is 0.233. The van der Waals surface area contributed by atoms with E-state index in [9.17, 15) is 19.2 Å². The molecule has 5 nitrogen and oxygen atoms in total. The Hall–Kier alpha value is -1.30. The van der Waals surface area contributed by atoms with Crippen LogP contribution in [0.4, 0.5) is 0 Å². The zero-order chi connectivity index (χ0) is 22.0. The lowest BCUT2D eigenvalue weighted by molar-refractivity contribution is -0.162.